The summed E-state index contributed by atoms with van der Waals surface area (Å²) in [5.41, 5.74) is 0. The molecule has 16 heavy (non-hydrogen) atoms. The van der Waals surface area contributed by atoms with Crippen LogP contribution in [0.15, 0.2) is 0 Å². The molecule has 1 fully saturated rings. The molecule has 1 heterocycles. The standard InChI is InChI=1S/C6H13NS3.C2H2O4/c1-7(2)3-6-4-8-10-9-5-6;3-1(4)2(5)6/h6H,3-5H2,1-2H3;(H,3,4)(H,5,6). The Labute approximate surface area is 106 Å². The van der Waals surface area contributed by atoms with Gasteiger partial charge in [-0.2, -0.15) is 0 Å². The van der Waals surface area contributed by atoms with E-state index in [1.807, 2.05) is 31.4 Å². The van der Waals surface area contributed by atoms with E-state index in [1.54, 1.807) is 0 Å². The molecule has 0 aromatic rings. The van der Waals surface area contributed by atoms with Gasteiger partial charge in [0, 0.05) is 18.1 Å². The Morgan fingerprint density at radius 3 is 1.94 bits per heavy atom. The van der Waals surface area contributed by atoms with Crippen LogP contribution >= 0.6 is 31.4 Å². The molecule has 1 aliphatic rings. The minimum atomic E-state index is -1.82. The van der Waals surface area contributed by atoms with Crippen molar-refractivity contribution in [2.75, 3.05) is 32.1 Å². The van der Waals surface area contributed by atoms with Gasteiger partial charge in [-0.05, 0) is 29.8 Å². The lowest BCUT2D eigenvalue weighted by atomic mass is 10.2. The van der Waals surface area contributed by atoms with Crippen LogP contribution in [0.25, 0.3) is 0 Å². The first-order valence-corrected chi connectivity index (χ1v) is 8.27. The van der Waals surface area contributed by atoms with Crippen LogP contribution in [0.4, 0.5) is 0 Å². The Kier molecular flexibility index (Phi) is 9.00. The third-order valence-corrected chi connectivity index (χ3v) is 6.04. The first-order valence-electron chi connectivity index (χ1n) is 4.45. The summed E-state index contributed by atoms with van der Waals surface area (Å²) in [6.45, 7) is 1.25. The summed E-state index contributed by atoms with van der Waals surface area (Å²) in [6, 6.07) is 0. The van der Waals surface area contributed by atoms with Crippen LogP contribution in [0, 0.1) is 5.92 Å². The first-order chi connectivity index (χ1) is 7.43. The fourth-order valence-corrected chi connectivity index (χ4v) is 5.42. The highest BCUT2D eigenvalue weighted by Gasteiger charge is 2.14. The minimum Gasteiger partial charge on any atom is -0.473 e. The molecule has 8 heteroatoms. The lowest BCUT2D eigenvalue weighted by molar-refractivity contribution is -0.159. The molecule has 0 unspecified atom stereocenters. The summed E-state index contributed by atoms with van der Waals surface area (Å²) < 4.78 is 0. The average molecular weight is 285 g/mol. The molecule has 0 bridgehead atoms. The van der Waals surface area contributed by atoms with E-state index >= 15 is 0 Å². The van der Waals surface area contributed by atoms with E-state index in [9.17, 15) is 0 Å². The van der Waals surface area contributed by atoms with Gasteiger partial charge in [-0.25, -0.2) is 9.59 Å². The van der Waals surface area contributed by atoms with Gasteiger partial charge < -0.3 is 15.1 Å². The Balaban J connectivity index is 0.000000325. The van der Waals surface area contributed by atoms with Gasteiger partial charge in [-0.15, -0.1) is 0 Å². The number of hydrogen-bond donors (Lipinski definition) is 2. The highest BCUT2D eigenvalue weighted by molar-refractivity contribution is 9.09. The van der Waals surface area contributed by atoms with Crippen molar-refractivity contribution in [1.82, 2.24) is 4.90 Å². The van der Waals surface area contributed by atoms with Crippen LogP contribution in [-0.2, 0) is 9.59 Å². The van der Waals surface area contributed by atoms with E-state index in [0.29, 0.717) is 0 Å². The van der Waals surface area contributed by atoms with Crippen LogP contribution in [0.5, 0.6) is 0 Å². The summed E-state index contributed by atoms with van der Waals surface area (Å²) in [5.74, 6) is -0.0812. The van der Waals surface area contributed by atoms with Gasteiger partial charge in [-0.3, -0.25) is 0 Å². The fraction of sp³-hybridized carbons (Fsp3) is 0.750. The Bertz CT molecular complexity index is 219. The quantitative estimate of drug-likeness (QED) is 0.582. The van der Waals surface area contributed by atoms with E-state index in [-0.39, 0.29) is 0 Å². The lowest BCUT2D eigenvalue weighted by Gasteiger charge is -2.22. The van der Waals surface area contributed by atoms with Crippen LogP contribution in [0.3, 0.4) is 0 Å². The molecule has 0 aromatic carbocycles. The summed E-state index contributed by atoms with van der Waals surface area (Å²) in [6.07, 6.45) is 0. The lowest BCUT2D eigenvalue weighted by Crippen LogP contribution is -2.25. The van der Waals surface area contributed by atoms with Crippen molar-refractivity contribution in [2.24, 2.45) is 5.92 Å². The van der Waals surface area contributed by atoms with Gasteiger partial charge >= 0.3 is 11.9 Å². The molecule has 0 radical (unpaired) electrons. The zero-order valence-corrected chi connectivity index (χ0v) is 11.5. The van der Waals surface area contributed by atoms with Gasteiger partial charge in [0.15, 0.2) is 0 Å². The molecule has 1 rings (SSSR count). The van der Waals surface area contributed by atoms with E-state index in [2.05, 4.69) is 19.0 Å². The molecular formula is C8H15NO4S3. The topological polar surface area (TPSA) is 77.8 Å². The van der Waals surface area contributed by atoms with Crippen molar-refractivity contribution in [3.05, 3.63) is 0 Å². The SMILES string of the molecule is CN(C)CC1CSSSC1.O=C(O)C(=O)O. The Hall–Kier alpha value is -0.0500. The zero-order chi connectivity index (χ0) is 12.6. The second-order valence-corrected chi connectivity index (χ2v) is 7.70. The molecule has 0 amide bonds. The molecule has 94 valence electrons. The van der Waals surface area contributed by atoms with Crippen LogP contribution in [0.1, 0.15) is 0 Å². The zero-order valence-electron chi connectivity index (χ0n) is 9.08. The number of rotatable bonds is 2. The van der Waals surface area contributed by atoms with Crippen molar-refractivity contribution in [2.45, 2.75) is 0 Å². The molecular weight excluding hydrogens is 270 g/mol. The van der Waals surface area contributed by atoms with E-state index in [4.69, 9.17) is 19.8 Å². The monoisotopic (exact) mass is 285 g/mol. The Morgan fingerprint density at radius 1 is 1.19 bits per heavy atom. The highest BCUT2D eigenvalue weighted by atomic mass is 33.5. The maximum absolute atomic E-state index is 9.10. The van der Waals surface area contributed by atoms with Gasteiger partial charge in [0.1, 0.15) is 0 Å². The average Bonchev–Trinajstić information content (AvgIpc) is 2.19. The Morgan fingerprint density at radius 2 is 1.62 bits per heavy atom. The summed E-state index contributed by atoms with van der Waals surface area (Å²) >= 11 is 0. The second kappa shape index (κ2) is 9.03. The maximum Gasteiger partial charge on any atom is 0.414 e. The number of nitrogens with zero attached hydrogens (tertiary/aromatic N) is 1. The molecule has 0 aliphatic carbocycles. The summed E-state index contributed by atoms with van der Waals surface area (Å²) in [7, 11) is 10.2. The summed E-state index contributed by atoms with van der Waals surface area (Å²) in [4.78, 5) is 20.5. The maximum atomic E-state index is 9.10. The third-order valence-electron chi connectivity index (χ3n) is 1.51. The molecule has 5 nitrogen and oxygen atoms in total. The molecule has 1 saturated heterocycles. The van der Waals surface area contributed by atoms with Crippen molar-refractivity contribution < 1.29 is 19.8 Å². The van der Waals surface area contributed by atoms with E-state index in [0.717, 1.165) is 5.92 Å². The normalized spacial score (nSPS) is 16.4. The molecule has 0 aromatic heterocycles. The van der Waals surface area contributed by atoms with E-state index in [1.165, 1.54) is 18.1 Å². The highest BCUT2D eigenvalue weighted by Crippen LogP contribution is 2.42. The van der Waals surface area contributed by atoms with Crippen LogP contribution < -0.4 is 0 Å². The number of carboxylic acids is 2. The smallest absolute Gasteiger partial charge is 0.414 e. The number of carbonyl (C=O) groups is 2. The second-order valence-electron chi connectivity index (χ2n) is 3.38. The van der Waals surface area contributed by atoms with Gasteiger partial charge in [0.2, 0.25) is 0 Å². The number of hydrogen-bond acceptors (Lipinski definition) is 6. The van der Waals surface area contributed by atoms with Gasteiger partial charge in [0.25, 0.3) is 0 Å². The van der Waals surface area contributed by atoms with Gasteiger partial charge in [-0.1, -0.05) is 21.6 Å². The van der Waals surface area contributed by atoms with Crippen molar-refractivity contribution >= 4 is 43.4 Å². The van der Waals surface area contributed by atoms with Gasteiger partial charge in [0.05, 0.1) is 0 Å². The van der Waals surface area contributed by atoms with Crippen LogP contribution in [0.2, 0.25) is 0 Å². The minimum absolute atomic E-state index is 0.909. The number of aliphatic carboxylic acids is 2. The molecule has 2 N–H and O–H groups in total. The summed E-state index contributed by atoms with van der Waals surface area (Å²) in [5, 5.41) is 14.8. The van der Waals surface area contributed by atoms with E-state index < -0.39 is 11.9 Å². The van der Waals surface area contributed by atoms with Crippen molar-refractivity contribution in [1.29, 1.82) is 0 Å². The first kappa shape index (κ1) is 16.0. The van der Waals surface area contributed by atoms with Crippen molar-refractivity contribution in [3.8, 4) is 0 Å². The largest absolute Gasteiger partial charge is 0.473 e. The third kappa shape index (κ3) is 9.20. The number of carboxylic acid groups (broad SMARTS) is 2. The molecule has 0 atom stereocenters. The molecule has 1 aliphatic heterocycles. The molecule has 0 spiro atoms. The van der Waals surface area contributed by atoms with Crippen LogP contribution in [-0.4, -0.2) is 59.2 Å². The predicted octanol–water partition coefficient (Wildman–Crippen LogP) is 1.36. The fourth-order valence-electron chi connectivity index (χ4n) is 0.952. The van der Waals surface area contributed by atoms with Crippen molar-refractivity contribution in [3.63, 3.8) is 0 Å². The predicted molar refractivity (Wildman–Crippen MR) is 69.8 cm³/mol. The molecule has 0 saturated carbocycles.